The highest BCUT2D eigenvalue weighted by Gasteiger charge is 2.40. The molecule has 6 rings (SSSR count). The van der Waals surface area contributed by atoms with Crippen molar-refractivity contribution in [3.05, 3.63) is 45.3 Å². The van der Waals surface area contributed by atoms with E-state index in [9.17, 15) is 14.0 Å². The van der Waals surface area contributed by atoms with Gasteiger partial charge in [-0.2, -0.15) is 4.98 Å². The summed E-state index contributed by atoms with van der Waals surface area (Å²) < 4.78 is 30.4. The molecule has 1 amide bonds. The average molecular weight is 503 g/mol. The Morgan fingerprint density at radius 1 is 1.21 bits per heavy atom. The van der Waals surface area contributed by atoms with Gasteiger partial charge in [0.25, 0.3) is 0 Å². The number of thiazole rings is 1. The van der Waals surface area contributed by atoms with Crippen molar-refractivity contribution in [1.82, 2.24) is 19.9 Å². The molecular weight excluding hydrogens is 486 g/mol. The maximum absolute atomic E-state index is 16.0. The van der Waals surface area contributed by atoms with E-state index in [1.165, 1.54) is 12.1 Å². The molecule has 2 unspecified atom stereocenters. The second-order valence-electron chi connectivity index (χ2n) is 8.50. The van der Waals surface area contributed by atoms with E-state index in [4.69, 9.17) is 17.3 Å². The van der Waals surface area contributed by atoms with Gasteiger partial charge in [-0.15, -0.1) is 0 Å². The molecule has 2 saturated heterocycles. The summed E-state index contributed by atoms with van der Waals surface area (Å²) in [6.45, 7) is 0.969. The van der Waals surface area contributed by atoms with Gasteiger partial charge in [0.15, 0.2) is 10.9 Å². The number of rotatable bonds is 3. The van der Waals surface area contributed by atoms with E-state index in [0.717, 1.165) is 30.6 Å². The largest absolute Gasteiger partial charge is 0.375 e. The number of piperazine rings is 1. The van der Waals surface area contributed by atoms with Crippen LogP contribution in [0.15, 0.2) is 23.0 Å². The molecule has 2 aliphatic rings. The van der Waals surface area contributed by atoms with Crippen LogP contribution in [0, 0.1) is 11.6 Å². The lowest BCUT2D eigenvalue weighted by molar-refractivity contribution is -0.121. The number of carbonyl (C=O) groups is 1. The Morgan fingerprint density at radius 2 is 1.94 bits per heavy atom. The molecule has 2 fully saturated rings. The van der Waals surface area contributed by atoms with Crippen LogP contribution in [0.5, 0.6) is 0 Å². The third-order valence-corrected chi connectivity index (χ3v) is 7.83. The van der Waals surface area contributed by atoms with Gasteiger partial charge in [-0.05, 0) is 31.0 Å². The van der Waals surface area contributed by atoms with Gasteiger partial charge in [0.05, 0.1) is 20.8 Å². The molecule has 0 spiro atoms. The number of fused-ring (bicyclic) bond motifs is 4. The summed E-state index contributed by atoms with van der Waals surface area (Å²) >= 11 is 7.53. The number of amides is 1. The molecule has 4 aromatic rings. The van der Waals surface area contributed by atoms with Crippen molar-refractivity contribution in [3.63, 3.8) is 0 Å². The minimum Gasteiger partial charge on any atom is -0.375 e. The van der Waals surface area contributed by atoms with Gasteiger partial charge in [-0.25, -0.2) is 18.6 Å². The lowest BCUT2D eigenvalue weighted by atomic mass is 10.0. The average Bonchev–Trinajstić information content (AvgIpc) is 3.31. The van der Waals surface area contributed by atoms with Gasteiger partial charge in [0, 0.05) is 41.7 Å². The van der Waals surface area contributed by atoms with Gasteiger partial charge < -0.3 is 20.5 Å². The molecular formula is C22H17ClF2N6O2S. The predicted octanol–water partition coefficient (Wildman–Crippen LogP) is 3.52. The normalized spacial score (nSPS) is 20.0. The molecule has 2 bridgehead atoms. The fourth-order valence-electron chi connectivity index (χ4n) is 5.17. The molecule has 2 aromatic carbocycles. The monoisotopic (exact) mass is 502 g/mol. The van der Waals surface area contributed by atoms with Crippen molar-refractivity contribution in [2.24, 2.45) is 0 Å². The number of nitrogens with zero attached hydrogens (tertiary/aromatic N) is 4. The number of nitrogens with two attached hydrogens (primary N) is 1. The van der Waals surface area contributed by atoms with Gasteiger partial charge >= 0.3 is 5.69 Å². The first-order valence-electron chi connectivity index (χ1n) is 10.6. The minimum absolute atomic E-state index is 0.00889. The highest BCUT2D eigenvalue weighted by Crippen LogP contribution is 2.42. The standard InChI is InChI=1S/C22H17ClF2N6O2S/c23-13-5-12-17(16(25)15(13)11-3-4-14(24)19-18(11)27-21(26)34-19)28-22(33)29-20(12)30-6-9-1-2-10(7-30)31(9)8-32/h3-5,8-10H,1-2,6-7H2,(H2,26,27)(H,28,29,33). The molecule has 12 heteroatoms. The van der Waals surface area contributed by atoms with Crippen molar-refractivity contribution in [1.29, 1.82) is 0 Å². The number of aromatic amines is 1. The third kappa shape index (κ3) is 3.07. The number of hydrogen-bond acceptors (Lipinski definition) is 7. The van der Waals surface area contributed by atoms with Gasteiger partial charge in [0.2, 0.25) is 6.41 Å². The lowest BCUT2D eigenvalue weighted by Crippen LogP contribution is -2.53. The third-order valence-electron chi connectivity index (χ3n) is 6.64. The lowest BCUT2D eigenvalue weighted by Gasteiger charge is -2.39. The highest BCUT2D eigenvalue weighted by atomic mass is 35.5. The smallest absolute Gasteiger partial charge is 0.347 e. The Labute approximate surface area is 200 Å². The van der Waals surface area contributed by atoms with Gasteiger partial charge in [-0.3, -0.25) is 4.79 Å². The van der Waals surface area contributed by atoms with E-state index < -0.39 is 17.3 Å². The van der Waals surface area contributed by atoms with Crippen molar-refractivity contribution in [2.75, 3.05) is 23.7 Å². The topological polar surface area (TPSA) is 108 Å². The van der Waals surface area contributed by atoms with Crippen LogP contribution in [0.1, 0.15) is 12.8 Å². The Balaban J connectivity index is 1.55. The van der Waals surface area contributed by atoms with E-state index in [-0.39, 0.29) is 49.1 Å². The Bertz CT molecular complexity index is 1540. The van der Waals surface area contributed by atoms with Crippen LogP contribution in [0.2, 0.25) is 5.02 Å². The van der Waals surface area contributed by atoms with Crippen LogP contribution in [0.3, 0.4) is 0 Å². The van der Waals surface area contributed by atoms with Crippen LogP contribution in [0.25, 0.3) is 32.2 Å². The predicted molar refractivity (Wildman–Crippen MR) is 127 cm³/mol. The first-order valence-corrected chi connectivity index (χ1v) is 11.8. The molecule has 8 nitrogen and oxygen atoms in total. The van der Waals surface area contributed by atoms with Crippen LogP contribution in [-0.4, -0.2) is 51.4 Å². The number of carbonyl (C=O) groups excluding carboxylic acids is 1. The fourth-order valence-corrected chi connectivity index (χ4v) is 6.23. The van der Waals surface area contributed by atoms with E-state index in [0.29, 0.717) is 24.3 Å². The second kappa shape index (κ2) is 7.60. The van der Waals surface area contributed by atoms with E-state index in [2.05, 4.69) is 15.0 Å². The second-order valence-corrected chi connectivity index (χ2v) is 9.94. The van der Waals surface area contributed by atoms with Crippen molar-refractivity contribution in [3.8, 4) is 11.1 Å². The first-order chi connectivity index (χ1) is 16.4. The number of aromatic nitrogens is 3. The number of H-pyrrole nitrogens is 1. The molecule has 4 heterocycles. The van der Waals surface area contributed by atoms with Crippen LogP contribution in [-0.2, 0) is 4.79 Å². The van der Waals surface area contributed by atoms with Crippen molar-refractivity contribution in [2.45, 2.75) is 24.9 Å². The van der Waals surface area contributed by atoms with Crippen molar-refractivity contribution >= 4 is 61.4 Å². The summed E-state index contributed by atoms with van der Waals surface area (Å²) in [5.41, 5.74) is 5.46. The molecule has 0 saturated carbocycles. The summed E-state index contributed by atoms with van der Waals surface area (Å²) in [7, 11) is 0. The van der Waals surface area contributed by atoms with E-state index in [1.807, 2.05) is 4.90 Å². The first kappa shape index (κ1) is 21.2. The quantitative estimate of drug-likeness (QED) is 0.415. The SMILES string of the molecule is Nc1nc2c(-c3c(Cl)cc4c(N5CC6CCC(C5)N6C=O)nc(=O)[nH]c4c3F)ccc(F)c2s1. The number of benzene rings is 2. The van der Waals surface area contributed by atoms with Gasteiger partial charge in [0.1, 0.15) is 11.6 Å². The molecule has 3 N–H and O–H groups in total. The minimum atomic E-state index is -0.766. The molecule has 2 aliphatic heterocycles. The fraction of sp³-hybridized carbons (Fsp3) is 0.273. The van der Waals surface area contributed by atoms with Crippen LogP contribution < -0.4 is 16.3 Å². The highest BCUT2D eigenvalue weighted by molar-refractivity contribution is 7.22. The van der Waals surface area contributed by atoms with Gasteiger partial charge in [-0.1, -0.05) is 22.9 Å². The zero-order chi connectivity index (χ0) is 23.7. The molecule has 0 aliphatic carbocycles. The van der Waals surface area contributed by atoms with Crippen LogP contribution >= 0.6 is 22.9 Å². The molecule has 2 atom stereocenters. The Kier molecular flexibility index (Phi) is 4.75. The maximum atomic E-state index is 16.0. The summed E-state index contributed by atoms with van der Waals surface area (Å²) in [4.78, 5) is 38.4. The summed E-state index contributed by atoms with van der Waals surface area (Å²) in [6.07, 6.45) is 2.58. The molecule has 0 radical (unpaired) electrons. The number of hydrogen-bond donors (Lipinski definition) is 2. The summed E-state index contributed by atoms with van der Waals surface area (Å²) in [5, 5.41) is 0.553. The maximum Gasteiger partial charge on any atom is 0.347 e. The van der Waals surface area contributed by atoms with Crippen LogP contribution in [0.4, 0.5) is 19.7 Å². The Morgan fingerprint density at radius 3 is 2.65 bits per heavy atom. The zero-order valence-electron chi connectivity index (χ0n) is 17.5. The summed E-state index contributed by atoms with van der Waals surface area (Å²) in [6, 6.07) is 4.16. The number of nitrogen functional groups attached to an aromatic ring is 1. The Hall–Kier alpha value is -3.31. The summed E-state index contributed by atoms with van der Waals surface area (Å²) in [5.74, 6) is -0.970. The van der Waals surface area contributed by atoms with E-state index in [1.54, 1.807) is 11.0 Å². The number of anilines is 2. The molecule has 34 heavy (non-hydrogen) atoms. The number of halogens is 3. The molecule has 2 aromatic heterocycles. The van der Waals surface area contributed by atoms with E-state index >= 15 is 4.39 Å². The molecule has 174 valence electrons. The van der Waals surface area contributed by atoms with Crippen molar-refractivity contribution < 1.29 is 13.6 Å². The number of nitrogens with one attached hydrogen (secondary N) is 1. The zero-order valence-corrected chi connectivity index (χ0v) is 19.1.